The maximum absolute atomic E-state index is 12.5. The lowest BCUT2D eigenvalue weighted by molar-refractivity contribution is -0.384. The standard InChI is InChI=1S/C19H25N3O6S/c1-14(13-27-3)20-29(25,26)17-9-10-18(19(11-17)22(23)24)21(2)12-15-5-7-16(28-4)8-6-15/h5-11,14,20H,12-13H2,1-4H3/t14-/m0/s1. The van der Waals surface area contributed by atoms with Crippen molar-refractivity contribution in [3.8, 4) is 5.75 Å². The zero-order valence-electron chi connectivity index (χ0n) is 16.8. The van der Waals surface area contributed by atoms with E-state index in [0.717, 1.165) is 11.6 Å². The number of rotatable bonds is 10. The highest BCUT2D eigenvalue weighted by molar-refractivity contribution is 7.89. The molecule has 2 aromatic rings. The summed E-state index contributed by atoms with van der Waals surface area (Å²) in [5.74, 6) is 0.715. The molecule has 1 atom stereocenters. The Morgan fingerprint density at radius 3 is 2.38 bits per heavy atom. The molecule has 0 aliphatic rings. The van der Waals surface area contributed by atoms with Crippen LogP contribution < -0.4 is 14.4 Å². The second-order valence-corrected chi connectivity index (χ2v) is 8.30. The van der Waals surface area contributed by atoms with Gasteiger partial charge in [0, 0.05) is 32.8 Å². The summed E-state index contributed by atoms with van der Waals surface area (Å²) in [4.78, 5) is 12.5. The van der Waals surface area contributed by atoms with Crippen LogP contribution in [0.5, 0.6) is 5.75 Å². The monoisotopic (exact) mass is 423 g/mol. The molecule has 29 heavy (non-hydrogen) atoms. The first-order chi connectivity index (χ1) is 13.7. The molecule has 158 valence electrons. The van der Waals surface area contributed by atoms with Crippen LogP contribution in [0.25, 0.3) is 0 Å². The molecule has 10 heteroatoms. The van der Waals surface area contributed by atoms with Crippen molar-refractivity contribution in [3.05, 3.63) is 58.1 Å². The van der Waals surface area contributed by atoms with Gasteiger partial charge in [0.15, 0.2) is 0 Å². The van der Waals surface area contributed by atoms with E-state index < -0.39 is 21.0 Å². The van der Waals surface area contributed by atoms with Crippen LogP contribution in [0.3, 0.4) is 0 Å². The van der Waals surface area contributed by atoms with Gasteiger partial charge >= 0.3 is 0 Å². The smallest absolute Gasteiger partial charge is 0.293 e. The second kappa shape index (κ2) is 9.68. The Balaban J connectivity index is 2.29. The fourth-order valence-electron chi connectivity index (χ4n) is 2.85. The average molecular weight is 423 g/mol. The fourth-order valence-corrected chi connectivity index (χ4v) is 4.09. The normalized spacial score (nSPS) is 12.4. The number of nitrogens with zero attached hydrogens (tertiary/aromatic N) is 2. The molecule has 1 N–H and O–H groups in total. The van der Waals surface area contributed by atoms with E-state index in [2.05, 4.69) is 4.72 Å². The van der Waals surface area contributed by atoms with Crippen molar-refractivity contribution in [1.29, 1.82) is 0 Å². The van der Waals surface area contributed by atoms with Gasteiger partial charge < -0.3 is 14.4 Å². The first-order valence-corrected chi connectivity index (χ1v) is 10.3. The summed E-state index contributed by atoms with van der Waals surface area (Å²) in [6.07, 6.45) is 0. The number of methoxy groups -OCH3 is 2. The van der Waals surface area contributed by atoms with Gasteiger partial charge in [0.05, 0.1) is 23.5 Å². The first kappa shape index (κ1) is 22.6. The molecule has 0 aromatic heterocycles. The molecule has 2 aromatic carbocycles. The van der Waals surface area contributed by atoms with Gasteiger partial charge in [0.2, 0.25) is 10.0 Å². The molecule has 9 nitrogen and oxygen atoms in total. The molecule has 0 amide bonds. The topological polar surface area (TPSA) is 111 Å². The number of nitrogens with one attached hydrogen (secondary N) is 1. The van der Waals surface area contributed by atoms with Crippen LogP contribution in [0.4, 0.5) is 11.4 Å². The molecule has 0 fully saturated rings. The van der Waals surface area contributed by atoms with Crippen molar-refractivity contribution in [1.82, 2.24) is 4.72 Å². The SMILES string of the molecule is COC[C@H](C)NS(=O)(=O)c1ccc(N(C)Cc2ccc(OC)cc2)c([N+](=O)[O-])c1. The summed E-state index contributed by atoms with van der Waals surface area (Å²) >= 11 is 0. The van der Waals surface area contributed by atoms with Crippen LogP contribution in [0.1, 0.15) is 12.5 Å². The van der Waals surface area contributed by atoms with Crippen molar-refractivity contribution in [2.24, 2.45) is 0 Å². The lowest BCUT2D eigenvalue weighted by atomic mass is 10.2. The van der Waals surface area contributed by atoms with Crippen LogP contribution in [0.15, 0.2) is 47.4 Å². The van der Waals surface area contributed by atoms with Gasteiger partial charge in [-0.15, -0.1) is 0 Å². The molecule has 0 heterocycles. The Labute approximate surface area is 170 Å². The molecule has 0 radical (unpaired) electrons. The summed E-state index contributed by atoms with van der Waals surface area (Å²) in [5, 5.41) is 11.6. The Morgan fingerprint density at radius 1 is 1.17 bits per heavy atom. The summed E-state index contributed by atoms with van der Waals surface area (Å²) in [6.45, 7) is 2.23. The highest BCUT2D eigenvalue weighted by Gasteiger charge is 2.24. The van der Waals surface area contributed by atoms with Crippen LogP contribution >= 0.6 is 0 Å². The van der Waals surface area contributed by atoms with Gasteiger partial charge in [-0.1, -0.05) is 12.1 Å². The minimum atomic E-state index is -3.91. The van der Waals surface area contributed by atoms with Crippen molar-refractivity contribution in [3.63, 3.8) is 0 Å². The minimum Gasteiger partial charge on any atom is -0.497 e. The summed E-state index contributed by atoms with van der Waals surface area (Å²) in [7, 11) is 0.830. The van der Waals surface area contributed by atoms with Gasteiger partial charge in [-0.3, -0.25) is 10.1 Å². The maximum atomic E-state index is 12.5. The fraction of sp³-hybridized carbons (Fsp3) is 0.368. The van der Waals surface area contributed by atoms with Gasteiger partial charge in [-0.25, -0.2) is 13.1 Å². The third-order valence-corrected chi connectivity index (χ3v) is 5.80. The van der Waals surface area contributed by atoms with Crippen LogP contribution in [0.2, 0.25) is 0 Å². The van der Waals surface area contributed by atoms with E-state index in [1.54, 1.807) is 38.1 Å². The number of benzene rings is 2. The van der Waals surface area contributed by atoms with E-state index in [1.165, 1.54) is 19.2 Å². The van der Waals surface area contributed by atoms with Crippen molar-refractivity contribution < 1.29 is 22.8 Å². The quantitative estimate of drug-likeness (QED) is 0.462. The van der Waals surface area contributed by atoms with E-state index >= 15 is 0 Å². The number of nitro groups is 1. The number of hydrogen-bond acceptors (Lipinski definition) is 7. The largest absolute Gasteiger partial charge is 0.497 e. The van der Waals surface area contributed by atoms with Gasteiger partial charge in [0.1, 0.15) is 11.4 Å². The predicted molar refractivity (Wildman–Crippen MR) is 110 cm³/mol. The van der Waals surface area contributed by atoms with Crippen molar-refractivity contribution in [2.45, 2.75) is 24.4 Å². The summed E-state index contributed by atoms with van der Waals surface area (Å²) in [5.41, 5.74) is 0.951. The van der Waals surface area contributed by atoms with E-state index in [0.29, 0.717) is 18.0 Å². The molecule has 0 saturated carbocycles. The molecule has 2 rings (SSSR count). The highest BCUT2D eigenvalue weighted by atomic mass is 32.2. The molecule has 0 unspecified atom stereocenters. The Morgan fingerprint density at radius 2 is 1.83 bits per heavy atom. The number of anilines is 1. The molecule has 0 bridgehead atoms. The number of nitro benzene ring substituents is 1. The Kier molecular flexibility index (Phi) is 7.54. The van der Waals surface area contributed by atoms with E-state index in [-0.39, 0.29) is 17.2 Å². The third kappa shape index (κ3) is 5.89. The number of hydrogen-bond donors (Lipinski definition) is 1. The lowest BCUT2D eigenvalue weighted by Gasteiger charge is -2.20. The zero-order chi connectivity index (χ0) is 21.6. The van der Waals surface area contributed by atoms with Gasteiger partial charge in [-0.05, 0) is 36.8 Å². The predicted octanol–water partition coefficient (Wildman–Crippen LogP) is 2.55. The minimum absolute atomic E-state index is 0.172. The zero-order valence-corrected chi connectivity index (χ0v) is 17.6. The van der Waals surface area contributed by atoms with Crippen LogP contribution in [-0.4, -0.2) is 47.3 Å². The lowest BCUT2D eigenvalue weighted by Crippen LogP contribution is -2.35. The summed E-state index contributed by atoms with van der Waals surface area (Å²) < 4.78 is 37.5. The Bertz CT molecular complexity index is 947. The molecular formula is C19H25N3O6S. The molecule has 0 aliphatic carbocycles. The van der Waals surface area contributed by atoms with E-state index in [4.69, 9.17) is 9.47 Å². The third-order valence-electron chi connectivity index (χ3n) is 4.22. The van der Waals surface area contributed by atoms with Gasteiger partial charge in [-0.2, -0.15) is 0 Å². The number of ether oxygens (including phenoxy) is 2. The average Bonchev–Trinajstić information content (AvgIpc) is 2.67. The molecule has 0 saturated heterocycles. The summed E-state index contributed by atoms with van der Waals surface area (Å²) in [6, 6.07) is 10.7. The number of sulfonamides is 1. The van der Waals surface area contributed by atoms with Crippen LogP contribution in [-0.2, 0) is 21.3 Å². The first-order valence-electron chi connectivity index (χ1n) is 8.81. The van der Waals surface area contributed by atoms with Crippen LogP contribution in [0, 0.1) is 10.1 Å². The highest BCUT2D eigenvalue weighted by Crippen LogP contribution is 2.31. The van der Waals surface area contributed by atoms with Crippen molar-refractivity contribution >= 4 is 21.4 Å². The molecule has 0 spiro atoms. The Hall–Kier alpha value is -2.69. The second-order valence-electron chi connectivity index (χ2n) is 6.59. The van der Waals surface area contributed by atoms with Gasteiger partial charge in [0.25, 0.3) is 5.69 Å². The maximum Gasteiger partial charge on any atom is 0.293 e. The molecular weight excluding hydrogens is 398 g/mol. The van der Waals surface area contributed by atoms with E-state index in [1.807, 2.05) is 12.1 Å². The molecule has 0 aliphatic heterocycles. The van der Waals surface area contributed by atoms with E-state index in [9.17, 15) is 18.5 Å². The van der Waals surface area contributed by atoms with Crippen molar-refractivity contribution in [2.75, 3.05) is 32.8 Å².